The number of Topliss-reactive ketones (excluding diaryl/α,β-unsaturated/α-hetero) is 1. The second-order valence-corrected chi connectivity index (χ2v) is 8.24. The van der Waals surface area contributed by atoms with Crippen LogP contribution in [0.1, 0.15) is 36.2 Å². The van der Waals surface area contributed by atoms with Gasteiger partial charge in [0.1, 0.15) is 5.75 Å². The molecule has 1 fully saturated rings. The van der Waals surface area contributed by atoms with Crippen LogP contribution >= 0.6 is 0 Å². The Morgan fingerprint density at radius 2 is 1.55 bits per heavy atom. The lowest BCUT2D eigenvalue weighted by molar-refractivity contribution is -0.134. The Bertz CT molecular complexity index is 823. The highest BCUT2D eigenvalue weighted by molar-refractivity contribution is 5.97. The average molecular weight is 395 g/mol. The smallest absolute Gasteiger partial charge is 0.223 e. The van der Waals surface area contributed by atoms with Gasteiger partial charge in [-0.3, -0.25) is 14.5 Å². The van der Waals surface area contributed by atoms with Crippen molar-refractivity contribution in [1.29, 1.82) is 0 Å². The van der Waals surface area contributed by atoms with Crippen LogP contribution in [0.15, 0.2) is 54.6 Å². The highest BCUT2D eigenvalue weighted by Gasteiger charge is 2.29. The number of ketones is 1. The van der Waals surface area contributed by atoms with E-state index in [0.29, 0.717) is 31.6 Å². The number of hydrogen-bond donors (Lipinski definition) is 0. The Hall–Kier alpha value is -2.66. The topological polar surface area (TPSA) is 49.9 Å². The standard InChI is InChI=1S/C24H30N2O3/c1-24(2,20-7-5-4-6-8-20)17-23(28)26-15-13-25(14-16-26)18-22(27)19-9-11-21(29-3)12-10-19/h4-12H,13-18H2,1-3H3. The summed E-state index contributed by atoms with van der Waals surface area (Å²) in [4.78, 5) is 29.4. The molecule has 0 spiro atoms. The molecule has 0 aliphatic carbocycles. The normalized spacial score (nSPS) is 15.2. The molecule has 1 aliphatic heterocycles. The summed E-state index contributed by atoms with van der Waals surface area (Å²) in [7, 11) is 1.61. The van der Waals surface area contributed by atoms with Gasteiger partial charge in [-0.2, -0.15) is 0 Å². The number of carbonyl (C=O) groups excluding carboxylic acids is 2. The zero-order chi connectivity index (χ0) is 20.9. The lowest BCUT2D eigenvalue weighted by atomic mass is 9.81. The summed E-state index contributed by atoms with van der Waals surface area (Å²) in [5.41, 5.74) is 1.67. The van der Waals surface area contributed by atoms with Crippen molar-refractivity contribution in [2.45, 2.75) is 25.7 Å². The molecule has 29 heavy (non-hydrogen) atoms. The van der Waals surface area contributed by atoms with E-state index in [9.17, 15) is 9.59 Å². The molecular weight excluding hydrogens is 364 g/mol. The number of carbonyl (C=O) groups is 2. The molecule has 0 saturated carbocycles. The Morgan fingerprint density at radius 1 is 0.931 bits per heavy atom. The zero-order valence-electron chi connectivity index (χ0n) is 17.6. The molecule has 3 rings (SSSR count). The van der Waals surface area contributed by atoms with Gasteiger partial charge in [-0.15, -0.1) is 0 Å². The Balaban J connectivity index is 1.49. The Morgan fingerprint density at radius 3 is 2.14 bits per heavy atom. The van der Waals surface area contributed by atoms with Gasteiger partial charge in [-0.05, 0) is 35.2 Å². The molecule has 0 atom stereocenters. The first-order valence-corrected chi connectivity index (χ1v) is 10.1. The molecule has 1 aliphatic rings. The third kappa shape index (κ3) is 5.45. The molecule has 1 saturated heterocycles. The number of hydrogen-bond acceptors (Lipinski definition) is 4. The number of benzene rings is 2. The summed E-state index contributed by atoms with van der Waals surface area (Å²) in [5.74, 6) is 1.02. The van der Waals surface area contributed by atoms with Crippen LogP contribution in [0.5, 0.6) is 5.75 Å². The van der Waals surface area contributed by atoms with Crippen LogP contribution in [0.25, 0.3) is 0 Å². The van der Waals surface area contributed by atoms with Crippen LogP contribution in [0.2, 0.25) is 0 Å². The van der Waals surface area contributed by atoms with Crippen LogP contribution in [0.3, 0.4) is 0 Å². The summed E-state index contributed by atoms with van der Waals surface area (Å²) < 4.78 is 5.14. The number of ether oxygens (including phenoxy) is 1. The number of amides is 1. The first-order chi connectivity index (χ1) is 13.9. The van der Waals surface area contributed by atoms with Crippen molar-refractivity contribution in [3.05, 3.63) is 65.7 Å². The largest absolute Gasteiger partial charge is 0.497 e. The van der Waals surface area contributed by atoms with Crippen molar-refractivity contribution in [1.82, 2.24) is 9.80 Å². The summed E-state index contributed by atoms with van der Waals surface area (Å²) in [5, 5.41) is 0. The molecule has 1 amide bonds. The molecule has 2 aromatic carbocycles. The van der Waals surface area contributed by atoms with Gasteiger partial charge in [0.05, 0.1) is 13.7 Å². The number of rotatable bonds is 7. The van der Waals surface area contributed by atoms with Crippen molar-refractivity contribution in [2.24, 2.45) is 0 Å². The molecule has 154 valence electrons. The maximum Gasteiger partial charge on any atom is 0.223 e. The van der Waals surface area contributed by atoms with Crippen molar-refractivity contribution < 1.29 is 14.3 Å². The zero-order valence-corrected chi connectivity index (χ0v) is 17.6. The van der Waals surface area contributed by atoms with Gasteiger partial charge in [-0.1, -0.05) is 44.2 Å². The van der Waals surface area contributed by atoms with E-state index >= 15 is 0 Å². The summed E-state index contributed by atoms with van der Waals surface area (Å²) in [6, 6.07) is 17.4. The van der Waals surface area contributed by atoms with Gasteiger partial charge in [0.25, 0.3) is 0 Å². The van der Waals surface area contributed by atoms with E-state index in [1.165, 1.54) is 5.56 Å². The highest BCUT2D eigenvalue weighted by Crippen LogP contribution is 2.27. The van der Waals surface area contributed by atoms with Gasteiger partial charge >= 0.3 is 0 Å². The monoisotopic (exact) mass is 394 g/mol. The molecule has 0 N–H and O–H groups in total. The Labute approximate surface area is 173 Å². The van der Waals surface area contributed by atoms with Gasteiger partial charge < -0.3 is 9.64 Å². The lowest BCUT2D eigenvalue weighted by Crippen LogP contribution is -2.50. The lowest BCUT2D eigenvalue weighted by Gasteiger charge is -2.36. The van der Waals surface area contributed by atoms with E-state index < -0.39 is 0 Å². The van der Waals surface area contributed by atoms with Crippen LogP contribution in [-0.2, 0) is 10.2 Å². The van der Waals surface area contributed by atoms with E-state index in [1.54, 1.807) is 31.4 Å². The predicted molar refractivity (Wildman–Crippen MR) is 114 cm³/mol. The van der Waals surface area contributed by atoms with Gasteiger partial charge in [0, 0.05) is 38.2 Å². The fourth-order valence-corrected chi connectivity index (χ4v) is 3.71. The molecular formula is C24H30N2O3. The number of piperazine rings is 1. The molecule has 0 aromatic heterocycles. The van der Waals surface area contributed by atoms with Gasteiger partial charge in [0.15, 0.2) is 5.78 Å². The maximum absolute atomic E-state index is 12.8. The first kappa shape index (κ1) is 21.1. The van der Waals surface area contributed by atoms with Gasteiger partial charge in [-0.25, -0.2) is 0 Å². The highest BCUT2D eigenvalue weighted by atomic mass is 16.5. The fourth-order valence-electron chi connectivity index (χ4n) is 3.71. The maximum atomic E-state index is 12.8. The number of nitrogens with zero attached hydrogens (tertiary/aromatic N) is 2. The Kier molecular flexibility index (Phi) is 6.70. The van der Waals surface area contributed by atoms with E-state index in [-0.39, 0.29) is 17.1 Å². The summed E-state index contributed by atoms with van der Waals surface area (Å²) in [6.07, 6.45) is 0.488. The van der Waals surface area contributed by atoms with E-state index in [4.69, 9.17) is 4.74 Å². The molecule has 0 radical (unpaired) electrons. The van der Waals surface area contributed by atoms with Crippen LogP contribution in [0, 0.1) is 0 Å². The molecule has 1 heterocycles. The first-order valence-electron chi connectivity index (χ1n) is 10.1. The van der Waals surface area contributed by atoms with Crippen LogP contribution in [-0.4, -0.2) is 61.3 Å². The van der Waals surface area contributed by atoms with Crippen LogP contribution in [0.4, 0.5) is 0 Å². The van der Waals surface area contributed by atoms with Gasteiger partial charge in [0.2, 0.25) is 5.91 Å². The SMILES string of the molecule is COc1ccc(C(=O)CN2CCN(C(=O)CC(C)(C)c3ccccc3)CC2)cc1. The molecule has 0 bridgehead atoms. The third-order valence-electron chi connectivity index (χ3n) is 5.65. The minimum atomic E-state index is -0.195. The van der Waals surface area contributed by atoms with E-state index in [0.717, 1.165) is 18.8 Å². The van der Waals surface area contributed by atoms with Crippen molar-refractivity contribution in [2.75, 3.05) is 39.8 Å². The molecule has 0 unspecified atom stereocenters. The second-order valence-electron chi connectivity index (χ2n) is 8.24. The second kappa shape index (κ2) is 9.23. The van der Waals surface area contributed by atoms with Crippen molar-refractivity contribution in [3.63, 3.8) is 0 Å². The quantitative estimate of drug-likeness (QED) is 0.676. The average Bonchev–Trinajstić information content (AvgIpc) is 2.74. The predicted octanol–water partition coefficient (Wildman–Crippen LogP) is 3.39. The van der Waals surface area contributed by atoms with Crippen LogP contribution < -0.4 is 4.74 Å². The fraction of sp³-hybridized carbons (Fsp3) is 0.417. The molecule has 5 nitrogen and oxygen atoms in total. The minimum absolute atomic E-state index is 0.0950. The summed E-state index contributed by atoms with van der Waals surface area (Å²) >= 11 is 0. The third-order valence-corrected chi connectivity index (χ3v) is 5.65. The minimum Gasteiger partial charge on any atom is -0.497 e. The van der Waals surface area contributed by atoms with Crippen molar-refractivity contribution >= 4 is 11.7 Å². The van der Waals surface area contributed by atoms with Crippen molar-refractivity contribution in [3.8, 4) is 5.75 Å². The molecule has 2 aromatic rings. The molecule has 5 heteroatoms. The van der Waals surface area contributed by atoms with E-state index in [1.807, 2.05) is 23.1 Å². The summed E-state index contributed by atoms with van der Waals surface area (Å²) in [6.45, 7) is 7.38. The number of methoxy groups -OCH3 is 1. The van der Waals surface area contributed by atoms with E-state index in [2.05, 4.69) is 30.9 Å².